The Kier molecular flexibility index (Phi) is 4.45. The predicted octanol–water partition coefficient (Wildman–Crippen LogP) is 1.78. The highest BCUT2D eigenvalue weighted by molar-refractivity contribution is 5.96. The van der Waals surface area contributed by atoms with Gasteiger partial charge in [-0.2, -0.15) is 0 Å². The summed E-state index contributed by atoms with van der Waals surface area (Å²) < 4.78 is 5.41. The standard InChI is InChI=1S/C16H24N2O2/c1-16(2,3)14-7-5-4-6-13(14)15(19)18-8-9-20-11-12(18)10-17/h4-7,12H,8-11,17H2,1-3H3. The van der Waals surface area contributed by atoms with E-state index in [1.807, 2.05) is 29.2 Å². The van der Waals surface area contributed by atoms with Gasteiger partial charge < -0.3 is 15.4 Å². The van der Waals surface area contributed by atoms with Crippen molar-refractivity contribution in [3.63, 3.8) is 0 Å². The van der Waals surface area contributed by atoms with E-state index < -0.39 is 0 Å². The number of hydrogen-bond acceptors (Lipinski definition) is 3. The van der Waals surface area contributed by atoms with Crippen LogP contribution in [0.5, 0.6) is 0 Å². The number of rotatable bonds is 2. The van der Waals surface area contributed by atoms with Gasteiger partial charge in [0.25, 0.3) is 5.91 Å². The van der Waals surface area contributed by atoms with E-state index in [0.29, 0.717) is 26.3 Å². The molecule has 4 nitrogen and oxygen atoms in total. The predicted molar refractivity (Wildman–Crippen MR) is 79.8 cm³/mol. The van der Waals surface area contributed by atoms with Gasteiger partial charge in [0.05, 0.1) is 19.3 Å². The van der Waals surface area contributed by atoms with Crippen LogP contribution in [0.2, 0.25) is 0 Å². The van der Waals surface area contributed by atoms with Crippen molar-refractivity contribution < 1.29 is 9.53 Å². The summed E-state index contributed by atoms with van der Waals surface area (Å²) in [6, 6.07) is 7.82. The van der Waals surface area contributed by atoms with Crippen LogP contribution in [0.25, 0.3) is 0 Å². The Labute approximate surface area is 120 Å². The van der Waals surface area contributed by atoms with Crippen molar-refractivity contribution in [1.82, 2.24) is 4.90 Å². The normalized spacial score (nSPS) is 20.0. The monoisotopic (exact) mass is 276 g/mol. The van der Waals surface area contributed by atoms with Crippen molar-refractivity contribution in [2.75, 3.05) is 26.3 Å². The lowest BCUT2D eigenvalue weighted by Gasteiger charge is -2.36. The summed E-state index contributed by atoms with van der Waals surface area (Å²) in [5, 5.41) is 0. The zero-order valence-electron chi connectivity index (χ0n) is 12.6. The number of carbonyl (C=O) groups is 1. The van der Waals surface area contributed by atoms with Gasteiger partial charge in [-0.25, -0.2) is 0 Å². The minimum atomic E-state index is -0.0588. The minimum Gasteiger partial charge on any atom is -0.377 e. The number of nitrogens with zero attached hydrogens (tertiary/aromatic N) is 1. The summed E-state index contributed by atoms with van der Waals surface area (Å²) >= 11 is 0. The van der Waals surface area contributed by atoms with Gasteiger partial charge >= 0.3 is 0 Å². The second-order valence-electron chi connectivity index (χ2n) is 6.26. The molecule has 0 saturated carbocycles. The first-order valence-corrected chi connectivity index (χ1v) is 7.13. The maximum atomic E-state index is 12.9. The molecule has 2 rings (SSSR count). The summed E-state index contributed by atoms with van der Waals surface area (Å²) in [6.45, 7) is 8.53. The molecule has 20 heavy (non-hydrogen) atoms. The van der Waals surface area contributed by atoms with E-state index in [1.165, 1.54) is 0 Å². The Balaban J connectivity index is 2.33. The summed E-state index contributed by atoms with van der Waals surface area (Å²) in [6.07, 6.45) is 0. The average Bonchev–Trinajstić information content (AvgIpc) is 2.45. The summed E-state index contributed by atoms with van der Waals surface area (Å²) in [4.78, 5) is 14.7. The van der Waals surface area contributed by atoms with Crippen molar-refractivity contribution in [3.8, 4) is 0 Å². The van der Waals surface area contributed by atoms with Crippen LogP contribution in [-0.4, -0.2) is 43.2 Å². The molecule has 2 N–H and O–H groups in total. The Morgan fingerprint density at radius 2 is 2.10 bits per heavy atom. The highest BCUT2D eigenvalue weighted by Crippen LogP contribution is 2.27. The van der Waals surface area contributed by atoms with E-state index in [1.54, 1.807) is 0 Å². The number of morpholine rings is 1. The quantitative estimate of drug-likeness (QED) is 0.896. The van der Waals surface area contributed by atoms with Crippen LogP contribution in [0.4, 0.5) is 0 Å². The molecular formula is C16H24N2O2. The number of ether oxygens (including phenoxy) is 1. The van der Waals surface area contributed by atoms with Crippen LogP contribution in [0, 0.1) is 0 Å². The van der Waals surface area contributed by atoms with Gasteiger partial charge in [-0.05, 0) is 17.0 Å². The molecule has 1 heterocycles. The van der Waals surface area contributed by atoms with Crippen molar-refractivity contribution in [1.29, 1.82) is 0 Å². The molecule has 0 aromatic heterocycles. The third-order valence-electron chi connectivity index (χ3n) is 3.73. The van der Waals surface area contributed by atoms with E-state index in [2.05, 4.69) is 20.8 Å². The van der Waals surface area contributed by atoms with E-state index in [0.717, 1.165) is 11.1 Å². The van der Waals surface area contributed by atoms with E-state index in [-0.39, 0.29) is 17.4 Å². The lowest BCUT2D eigenvalue weighted by atomic mass is 9.83. The molecule has 4 heteroatoms. The Bertz CT molecular complexity index is 480. The van der Waals surface area contributed by atoms with Crippen LogP contribution >= 0.6 is 0 Å². The van der Waals surface area contributed by atoms with Gasteiger partial charge in [-0.1, -0.05) is 39.0 Å². The molecule has 1 fully saturated rings. The van der Waals surface area contributed by atoms with Crippen molar-refractivity contribution in [3.05, 3.63) is 35.4 Å². The molecule has 1 saturated heterocycles. The smallest absolute Gasteiger partial charge is 0.254 e. The molecule has 0 radical (unpaired) electrons. The molecule has 0 bridgehead atoms. The Morgan fingerprint density at radius 3 is 2.75 bits per heavy atom. The van der Waals surface area contributed by atoms with Gasteiger partial charge in [0.2, 0.25) is 0 Å². The van der Waals surface area contributed by atoms with Crippen LogP contribution in [0.15, 0.2) is 24.3 Å². The van der Waals surface area contributed by atoms with E-state index >= 15 is 0 Å². The SMILES string of the molecule is CC(C)(C)c1ccccc1C(=O)N1CCOCC1CN. The molecule has 0 aliphatic carbocycles. The highest BCUT2D eigenvalue weighted by atomic mass is 16.5. The second-order valence-corrected chi connectivity index (χ2v) is 6.26. The lowest BCUT2D eigenvalue weighted by Crippen LogP contribution is -2.52. The number of benzene rings is 1. The number of carbonyl (C=O) groups excluding carboxylic acids is 1. The number of nitrogens with two attached hydrogens (primary N) is 1. The van der Waals surface area contributed by atoms with Crippen LogP contribution in [0.3, 0.4) is 0 Å². The summed E-state index contributed by atoms with van der Waals surface area (Å²) in [5.41, 5.74) is 7.55. The van der Waals surface area contributed by atoms with Gasteiger partial charge in [-0.3, -0.25) is 4.79 Å². The van der Waals surface area contributed by atoms with Crippen LogP contribution < -0.4 is 5.73 Å². The molecule has 110 valence electrons. The van der Waals surface area contributed by atoms with E-state index in [4.69, 9.17) is 10.5 Å². The highest BCUT2D eigenvalue weighted by Gasteiger charge is 2.30. The molecule has 1 atom stereocenters. The minimum absolute atomic E-state index is 0.0238. The lowest BCUT2D eigenvalue weighted by molar-refractivity contribution is 0.000722. The van der Waals surface area contributed by atoms with Crippen molar-refractivity contribution >= 4 is 5.91 Å². The molecule has 1 aliphatic rings. The maximum Gasteiger partial charge on any atom is 0.254 e. The molecule has 0 spiro atoms. The molecular weight excluding hydrogens is 252 g/mol. The fourth-order valence-corrected chi connectivity index (χ4v) is 2.60. The van der Waals surface area contributed by atoms with Crippen molar-refractivity contribution in [2.24, 2.45) is 5.73 Å². The van der Waals surface area contributed by atoms with Gasteiger partial charge in [-0.15, -0.1) is 0 Å². The van der Waals surface area contributed by atoms with Crippen molar-refractivity contribution in [2.45, 2.75) is 32.2 Å². The summed E-state index contributed by atoms with van der Waals surface area (Å²) in [7, 11) is 0. The van der Waals surface area contributed by atoms with Crippen LogP contribution in [-0.2, 0) is 10.2 Å². The third kappa shape index (κ3) is 3.02. The molecule has 1 amide bonds. The number of hydrogen-bond donors (Lipinski definition) is 1. The second kappa shape index (κ2) is 5.94. The zero-order valence-corrected chi connectivity index (χ0v) is 12.6. The van der Waals surface area contributed by atoms with Gasteiger partial charge in [0.1, 0.15) is 0 Å². The average molecular weight is 276 g/mol. The molecule has 1 aromatic rings. The summed E-state index contributed by atoms with van der Waals surface area (Å²) in [5.74, 6) is 0.0641. The first-order valence-electron chi connectivity index (χ1n) is 7.13. The van der Waals surface area contributed by atoms with Gasteiger partial charge in [0, 0.05) is 18.7 Å². The largest absolute Gasteiger partial charge is 0.377 e. The Morgan fingerprint density at radius 1 is 1.40 bits per heavy atom. The van der Waals surface area contributed by atoms with Crippen LogP contribution in [0.1, 0.15) is 36.7 Å². The molecule has 1 aliphatic heterocycles. The first-order chi connectivity index (χ1) is 9.45. The fourth-order valence-electron chi connectivity index (χ4n) is 2.60. The van der Waals surface area contributed by atoms with Gasteiger partial charge in [0.15, 0.2) is 0 Å². The number of amides is 1. The first kappa shape index (κ1) is 15.0. The Hall–Kier alpha value is -1.39. The zero-order chi connectivity index (χ0) is 14.8. The molecule has 1 unspecified atom stereocenters. The maximum absolute atomic E-state index is 12.9. The molecule has 1 aromatic carbocycles. The van der Waals surface area contributed by atoms with E-state index in [9.17, 15) is 4.79 Å². The fraction of sp³-hybridized carbons (Fsp3) is 0.562. The topological polar surface area (TPSA) is 55.6 Å². The third-order valence-corrected chi connectivity index (χ3v) is 3.73.